The summed E-state index contributed by atoms with van der Waals surface area (Å²) in [5.41, 5.74) is 2.73. The fourth-order valence-electron chi connectivity index (χ4n) is 2.61. The number of likely N-dealkylation sites (N-methyl/N-ethyl adjacent to an activating group) is 1. The number of hydrogen-bond acceptors (Lipinski definition) is 3. The van der Waals surface area contributed by atoms with E-state index in [1.165, 1.54) is 11.4 Å². The van der Waals surface area contributed by atoms with Crippen molar-refractivity contribution in [2.75, 3.05) is 37.0 Å². The minimum atomic E-state index is 0.437. The monoisotopic (exact) mass is 189 g/mol. The van der Waals surface area contributed by atoms with E-state index in [4.69, 9.17) is 0 Å². The van der Waals surface area contributed by atoms with Crippen LogP contribution in [0.4, 0.5) is 11.4 Å². The van der Waals surface area contributed by atoms with Crippen molar-refractivity contribution in [1.82, 2.24) is 4.90 Å². The average Bonchev–Trinajstić information content (AvgIpc) is 2.70. The summed E-state index contributed by atoms with van der Waals surface area (Å²) < 4.78 is 0. The first kappa shape index (κ1) is 8.12. The highest BCUT2D eigenvalue weighted by molar-refractivity contribution is 5.77. The number of rotatable bonds is 0. The first-order valence-corrected chi connectivity index (χ1v) is 5.08. The summed E-state index contributed by atoms with van der Waals surface area (Å²) in [5.74, 6) is 0. The summed E-state index contributed by atoms with van der Waals surface area (Å²) in [6, 6.07) is 8.64. The molecule has 1 aromatic carbocycles. The largest absolute Gasteiger partial charge is 0.340 e. The van der Waals surface area contributed by atoms with Crippen molar-refractivity contribution in [3.63, 3.8) is 0 Å². The summed E-state index contributed by atoms with van der Waals surface area (Å²) in [6.45, 7) is 2.30. The number of hydrogen-bond donors (Lipinski definition) is 0. The second-order valence-electron chi connectivity index (χ2n) is 4.12. The Hall–Kier alpha value is -1.22. The maximum Gasteiger partial charge on any atom is 0.160 e. The van der Waals surface area contributed by atoms with Gasteiger partial charge in [-0.15, -0.1) is 0 Å². The molecule has 1 fully saturated rings. The minimum absolute atomic E-state index is 0.437. The van der Waals surface area contributed by atoms with E-state index in [1.54, 1.807) is 0 Å². The van der Waals surface area contributed by atoms with Crippen LogP contribution in [-0.4, -0.2) is 38.4 Å². The van der Waals surface area contributed by atoms with Crippen LogP contribution >= 0.6 is 0 Å². The molecule has 0 bridgehead atoms. The van der Waals surface area contributed by atoms with Gasteiger partial charge >= 0.3 is 0 Å². The van der Waals surface area contributed by atoms with Crippen molar-refractivity contribution < 1.29 is 0 Å². The zero-order valence-corrected chi connectivity index (χ0v) is 8.64. The van der Waals surface area contributed by atoms with Crippen molar-refractivity contribution in [3.8, 4) is 0 Å². The third-order valence-corrected chi connectivity index (χ3v) is 3.28. The van der Waals surface area contributed by atoms with Crippen LogP contribution in [0.5, 0.6) is 0 Å². The van der Waals surface area contributed by atoms with Crippen LogP contribution in [0.15, 0.2) is 24.3 Å². The quantitative estimate of drug-likeness (QED) is 0.606. The molecule has 0 saturated carbocycles. The van der Waals surface area contributed by atoms with Gasteiger partial charge in [0.05, 0.1) is 11.4 Å². The van der Waals surface area contributed by atoms with Crippen LogP contribution in [0.2, 0.25) is 0 Å². The summed E-state index contributed by atoms with van der Waals surface area (Å²) in [4.78, 5) is 7.21. The lowest BCUT2D eigenvalue weighted by molar-refractivity contribution is 0.316. The van der Waals surface area contributed by atoms with E-state index in [2.05, 4.69) is 53.1 Å². The zero-order valence-electron chi connectivity index (χ0n) is 8.64. The summed E-state index contributed by atoms with van der Waals surface area (Å²) in [7, 11) is 4.36. The van der Waals surface area contributed by atoms with Gasteiger partial charge in [-0.3, -0.25) is 4.90 Å². The van der Waals surface area contributed by atoms with Crippen molar-refractivity contribution in [2.24, 2.45) is 0 Å². The van der Waals surface area contributed by atoms with Gasteiger partial charge in [-0.25, -0.2) is 0 Å². The van der Waals surface area contributed by atoms with Crippen molar-refractivity contribution in [3.05, 3.63) is 24.3 Å². The van der Waals surface area contributed by atoms with Gasteiger partial charge in [0.2, 0.25) is 0 Å². The first-order chi connectivity index (χ1) is 6.79. The molecule has 0 amide bonds. The minimum Gasteiger partial charge on any atom is -0.340 e. The van der Waals surface area contributed by atoms with Gasteiger partial charge in [-0.05, 0) is 19.2 Å². The Morgan fingerprint density at radius 1 is 1.07 bits per heavy atom. The molecular formula is C11H15N3. The second-order valence-corrected chi connectivity index (χ2v) is 4.12. The molecule has 1 unspecified atom stereocenters. The third kappa shape index (κ3) is 0.852. The molecule has 3 rings (SSSR count). The molecule has 2 aliphatic heterocycles. The highest BCUT2D eigenvalue weighted by Gasteiger charge is 2.39. The van der Waals surface area contributed by atoms with Crippen LogP contribution in [-0.2, 0) is 0 Å². The maximum atomic E-state index is 2.47. The molecule has 1 aromatic rings. The normalized spacial score (nSPS) is 25.4. The number of benzene rings is 1. The number of nitrogens with zero attached hydrogens (tertiary/aromatic N) is 3. The van der Waals surface area contributed by atoms with E-state index in [9.17, 15) is 0 Å². The Balaban J connectivity index is 2.10. The Kier molecular flexibility index (Phi) is 1.53. The molecule has 0 spiro atoms. The average molecular weight is 189 g/mol. The van der Waals surface area contributed by atoms with Crippen LogP contribution in [0, 0.1) is 0 Å². The molecule has 1 atom stereocenters. The number of anilines is 2. The zero-order chi connectivity index (χ0) is 9.71. The predicted molar refractivity (Wildman–Crippen MR) is 58.6 cm³/mol. The maximum absolute atomic E-state index is 2.47. The van der Waals surface area contributed by atoms with Gasteiger partial charge in [0.25, 0.3) is 0 Å². The molecular weight excluding hydrogens is 174 g/mol. The number of fused-ring (bicyclic) bond motifs is 3. The summed E-state index contributed by atoms with van der Waals surface area (Å²) in [5, 5.41) is 0. The molecule has 14 heavy (non-hydrogen) atoms. The smallest absolute Gasteiger partial charge is 0.160 e. The van der Waals surface area contributed by atoms with E-state index in [0.717, 1.165) is 13.1 Å². The lowest BCUT2D eigenvalue weighted by atomic mass is 10.2. The molecule has 0 aliphatic carbocycles. The second kappa shape index (κ2) is 2.64. The first-order valence-electron chi connectivity index (χ1n) is 5.08. The van der Waals surface area contributed by atoms with E-state index < -0.39 is 0 Å². The number of para-hydroxylation sites is 2. The van der Waals surface area contributed by atoms with E-state index in [-0.39, 0.29) is 0 Å². The van der Waals surface area contributed by atoms with E-state index in [1.807, 2.05) is 0 Å². The predicted octanol–water partition coefficient (Wildman–Crippen LogP) is 1.17. The summed E-state index contributed by atoms with van der Waals surface area (Å²) in [6.07, 6.45) is 0.437. The van der Waals surface area contributed by atoms with Gasteiger partial charge in [-0.1, -0.05) is 12.1 Å². The fraction of sp³-hybridized carbons (Fsp3) is 0.455. The Labute approximate surface area is 84.5 Å². The van der Waals surface area contributed by atoms with Gasteiger partial charge in [0, 0.05) is 20.1 Å². The molecule has 1 saturated heterocycles. The van der Waals surface area contributed by atoms with Crippen LogP contribution in [0.1, 0.15) is 0 Å². The molecule has 3 heteroatoms. The third-order valence-electron chi connectivity index (χ3n) is 3.28. The lowest BCUT2D eigenvalue weighted by Crippen LogP contribution is -2.44. The van der Waals surface area contributed by atoms with Crippen molar-refractivity contribution in [1.29, 1.82) is 0 Å². The highest BCUT2D eigenvalue weighted by atomic mass is 15.6. The van der Waals surface area contributed by atoms with Crippen LogP contribution in [0.25, 0.3) is 0 Å². The standard InChI is InChI=1S/C11H15N3/c1-12-7-8-14-10-6-4-3-5-9(10)13(2)11(12)14/h3-6,11H,7-8H2,1-2H3. The Bertz CT molecular complexity index is 363. The molecule has 0 aromatic heterocycles. The molecule has 0 radical (unpaired) electrons. The van der Waals surface area contributed by atoms with Crippen LogP contribution in [0.3, 0.4) is 0 Å². The summed E-state index contributed by atoms with van der Waals surface area (Å²) >= 11 is 0. The van der Waals surface area contributed by atoms with Crippen molar-refractivity contribution in [2.45, 2.75) is 6.29 Å². The molecule has 0 N–H and O–H groups in total. The topological polar surface area (TPSA) is 9.72 Å². The molecule has 3 nitrogen and oxygen atoms in total. The lowest BCUT2D eigenvalue weighted by Gasteiger charge is -2.28. The van der Waals surface area contributed by atoms with Gasteiger partial charge in [0.1, 0.15) is 0 Å². The molecule has 74 valence electrons. The van der Waals surface area contributed by atoms with Crippen molar-refractivity contribution >= 4 is 11.4 Å². The van der Waals surface area contributed by atoms with Gasteiger partial charge in [-0.2, -0.15) is 0 Å². The van der Waals surface area contributed by atoms with E-state index >= 15 is 0 Å². The Morgan fingerprint density at radius 2 is 1.79 bits per heavy atom. The molecule has 2 heterocycles. The highest BCUT2D eigenvalue weighted by Crippen LogP contribution is 2.40. The molecule has 2 aliphatic rings. The SMILES string of the molecule is CN1CCN2c3ccccc3N(C)C12. The van der Waals surface area contributed by atoms with Crippen LogP contribution < -0.4 is 9.80 Å². The fourth-order valence-corrected chi connectivity index (χ4v) is 2.61. The van der Waals surface area contributed by atoms with E-state index in [0.29, 0.717) is 6.29 Å². The van der Waals surface area contributed by atoms with Gasteiger partial charge < -0.3 is 9.80 Å². The Morgan fingerprint density at radius 3 is 2.57 bits per heavy atom. The van der Waals surface area contributed by atoms with Gasteiger partial charge in [0.15, 0.2) is 6.29 Å².